The molecular formula is C17H21F4NO. The Hall–Kier alpha value is -1.43. The van der Waals surface area contributed by atoms with Crippen LogP contribution in [0.5, 0.6) is 0 Å². The maximum atomic E-state index is 13.8. The number of hydrogen-bond donors (Lipinski definition) is 1. The van der Waals surface area contributed by atoms with Crippen molar-refractivity contribution in [2.45, 2.75) is 38.8 Å². The maximum absolute atomic E-state index is 13.8. The number of rotatable bonds is 7. The highest BCUT2D eigenvalue weighted by molar-refractivity contribution is 5.87. The highest BCUT2D eigenvalue weighted by atomic mass is 19.4. The van der Waals surface area contributed by atoms with Crippen LogP contribution in [0.1, 0.15) is 43.7 Å². The van der Waals surface area contributed by atoms with Gasteiger partial charge in [0.25, 0.3) is 0 Å². The predicted molar refractivity (Wildman–Crippen MR) is 79.6 cm³/mol. The molecule has 1 aliphatic rings. The van der Waals surface area contributed by atoms with E-state index >= 15 is 0 Å². The lowest BCUT2D eigenvalue weighted by Crippen LogP contribution is -2.30. The van der Waals surface area contributed by atoms with Crippen molar-refractivity contribution in [1.29, 1.82) is 0 Å². The predicted octanol–water partition coefficient (Wildman–Crippen LogP) is 4.15. The number of benzene rings is 1. The van der Waals surface area contributed by atoms with Gasteiger partial charge >= 0.3 is 6.18 Å². The van der Waals surface area contributed by atoms with Crippen LogP contribution >= 0.6 is 0 Å². The minimum atomic E-state index is -4.73. The summed E-state index contributed by atoms with van der Waals surface area (Å²) in [7, 11) is 0. The fourth-order valence-electron chi connectivity index (χ4n) is 2.52. The molecule has 0 amide bonds. The molecule has 0 unspecified atom stereocenters. The van der Waals surface area contributed by atoms with E-state index in [1.807, 2.05) is 0 Å². The zero-order chi connectivity index (χ0) is 17.2. The third-order valence-electron chi connectivity index (χ3n) is 4.09. The van der Waals surface area contributed by atoms with E-state index in [4.69, 9.17) is 0 Å². The molecule has 1 N–H and O–H groups in total. The summed E-state index contributed by atoms with van der Waals surface area (Å²) in [6, 6.07) is 2.76. The molecule has 0 radical (unpaired) electrons. The number of nitrogens with one attached hydrogen (secondary N) is 1. The van der Waals surface area contributed by atoms with Gasteiger partial charge in [-0.25, -0.2) is 4.39 Å². The van der Waals surface area contributed by atoms with Crippen LogP contribution in [-0.2, 0) is 11.0 Å². The average molecular weight is 331 g/mol. The second kappa shape index (κ2) is 6.99. The van der Waals surface area contributed by atoms with Crippen molar-refractivity contribution in [3.8, 4) is 0 Å². The maximum Gasteiger partial charge on any atom is 0.419 e. The van der Waals surface area contributed by atoms with Crippen LogP contribution in [0.15, 0.2) is 18.2 Å². The third-order valence-corrected chi connectivity index (χ3v) is 4.09. The van der Waals surface area contributed by atoms with Crippen LogP contribution in [0.2, 0.25) is 0 Å². The van der Waals surface area contributed by atoms with Gasteiger partial charge in [0.05, 0.1) is 11.5 Å². The molecule has 0 aromatic heterocycles. The highest BCUT2D eigenvalue weighted by Crippen LogP contribution is 2.33. The van der Waals surface area contributed by atoms with Crippen molar-refractivity contribution in [1.82, 2.24) is 5.32 Å². The molecule has 1 aromatic rings. The van der Waals surface area contributed by atoms with E-state index in [1.165, 1.54) is 6.07 Å². The Balaban J connectivity index is 2.19. The van der Waals surface area contributed by atoms with Gasteiger partial charge in [-0.1, -0.05) is 19.9 Å². The van der Waals surface area contributed by atoms with E-state index in [0.29, 0.717) is 18.5 Å². The van der Waals surface area contributed by atoms with Gasteiger partial charge in [-0.3, -0.25) is 4.79 Å². The first-order valence-electron chi connectivity index (χ1n) is 7.81. The molecular weight excluding hydrogens is 310 g/mol. The minimum absolute atomic E-state index is 0.104. The lowest BCUT2D eigenvalue weighted by Gasteiger charge is -2.20. The monoisotopic (exact) mass is 331 g/mol. The fraction of sp³-hybridized carbons (Fsp3) is 0.588. The topological polar surface area (TPSA) is 29.1 Å². The zero-order valence-corrected chi connectivity index (χ0v) is 13.2. The van der Waals surface area contributed by atoms with Crippen molar-refractivity contribution in [3.05, 3.63) is 35.1 Å². The first kappa shape index (κ1) is 17.9. The summed E-state index contributed by atoms with van der Waals surface area (Å²) >= 11 is 0. The summed E-state index contributed by atoms with van der Waals surface area (Å²) in [5.41, 5.74) is -1.01. The van der Waals surface area contributed by atoms with Crippen LogP contribution in [0.4, 0.5) is 17.6 Å². The molecule has 6 heteroatoms. The molecule has 0 bridgehead atoms. The number of alkyl halides is 3. The van der Waals surface area contributed by atoms with Gasteiger partial charge in [0.1, 0.15) is 11.6 Å². The summed E-state index contributed by atoms with van der Waals surface area (Å²) in [4.78, 5) is 12.3. The Morgan fingerprint density at radius 3 is 2.43 bits per heavy atom. The van der Waals surface area contributed by atoms with Gasteiger partial charge in [-0.2, -0.15) is 13.2 Å². The number of carbonyl (C=O) groups excluding carboxylic acids is 1. The van der Waals surface area contributed by atoms with E-state index in [9.17, 15) is 22.4 Å². The largest absolute Gasteiger partial charge is 0.419 e. The molecule has 2 nitrogen and oxygen atoms in total. The Bertz CT molecular complexity index is 564. The Labute approximate surface area is 133 Å². The average Bonchev–Trinajstić information content (AvgIpc) is 3.25. The van der Waals surface area contributed by atoms with Crippen LogP contribution < -0.4 is 5.32 Å². The SMILES string of the molecule is CC(C)C(=O)[C@H](CNCC1CC1)c1ccc(C(F)(F)F)c(F)c1. The van der Waals surface area contributed by atoms with Crippen LogP contribution in [0.25, 0.3) is 0 Å². The van der Waals surface area contributed by atoms with Gasteiger partial charge in [-0.05, 0) is 43.0 Å². The number of ketones is 1. The van der Waals surface area contributed by atoms with Crippen LogP contribution in [0.3, 0.4) is 0 Å². The molecule has 0 heterocycles. The van der Waals surface area contributed by atoms with Crippen molar-refractivity contribution in [2.24, 2.45) is 11.8 Å². The van der Waals surface area contributed by atoms with Crippen LogP contribution in [-0.4, -0.2) is 18.9 Å². The number of carbonyl (C=O) groups is 1. The molecule has 23 heavy (non-hydrogen) atoms. The first-order valence-corrected chi connectivity index (χ1v) is 7.81. The third kappa shape index (κ3) is 4.77. The normalized spacial score (nSPS) is 16.7. The van der Waals surface area contributed by atoms with E-state index < -0.39 is 23.5 Å². The Kier molecular flexibility index (Phi) is 5.45. The van der Waals surface area contributed by atoms with Crippen molar-refractivity contribution < 1.29 is 22.4 Å². The van der Waals surface area contributed by atoms with Gasteiger partial charge in [0.15, 0.2) is 0 Å². The molecule has 1 aliphatic carbocycles. The summed E-state index contributed by atoms with van der Waals surface area (Å²) in [6.45, 7) is 4.57. The van der Waals surface area contributed by atoms with Crippen molar-refractivity contribution in [3.63, 3.8) is 0 Å². The lowest BCUT2D eigenvalue weighted by molar-refractivity contribution is -0.140. The van der Waals surface area contributed by atoms with E-state index in [0.717, 1.165) is 25.5 Å². The van der Waals surface area contributed by atoms with Crippen LogP contribution in [0, 0.1) is 17.7 Å². The molecule has 0 spiro atoms. The van der Waals surface area contributed by atoms with Gasteiger partial charge in [0.2, 0.25) is 0 Å². The zero-order valence-electron chi connectivity index (χ0n) is 13.2. The molecule has 1 aromatic carbocycles. The fourth-order valence-corrected chi connectivity index (χ4v) is 2.52. The minimum Gasteiger partial charge on any atom is -0.315 e. The lowest BCUT2D eigenvalue weighted by atomic mass is 9.88. The van der Waals surface area contributed by atoms with E-state index in [2.05, 4.69) is 5.32 Å². The smallest absolute Gasteiger partial charge is 0.315 e. The first-order chi connectivity index (χ1) is 10.7. The number of Topliss-reactive ketones (excluding diaryl/α,β-unsaturated/α-hetero) is 1. The van der Waals surface area contributed by atoms with Gasteiger partial charge in [0, 0.05) is 12.5 Å². The molecule has 1 fully saturated rings. The van der Waals surface area contributed by atoms with Gasteiger partial charge < -0.3 is 5.32 Å². The second-order valence-electron chi connectivity index (χ2n) is 6.45. The molecule has 2 rings (SSSR count). The molecule has 0 aliphatic heterocycles. The summed E-state index contributed by atoms with van der Waals surface area (Å²) < 4.78 is 51.7. The highest BCUT2D eigenvalue weighted by Gasteiger charge is 2.35. The summed E-state index contributed by atoms with van der Waals surface area (Å²) in [6.07, 6.45) is -2.42. The van der Waals surface area contributed by atoms with E-state index in [1.54, 1.807) is 13.8 Å². The number of hydrogen-bond acceptors (Lipinski definition) is 2. The molecule has 0 saturated heterocycles. The van der Waals surface area contributed by atoms with E-state index in [-0.39, 0.29) is 17.3 Å². The molecule has 128 valence electrons. The van der Waals surface area contributed by atoms with Gasteiger partial charge in [-0.15, -0.1) is 0 Å². The standard InChI is InChI=1S/C17H21F4NO/c1-10(2)16(23)13(9-22-8-11-3-4-11)12-5-6-14(15(18)7-12)17(19,20)21/h5-7,10-11,13,22H,3-4,8-9H2,1-2H3/t13-/m1/s1. The summed E-state index contributed by atoms with van der Waals surface area (Å²) in [5, 5.41) is 3.18. The molecule has 1 saturated carbocycles. The quantitative estimate of drug-likeness (QED) is 0.761. The molecule has 1 atom stereocenters. The Morgan fingerprint density at radius 1 is 1.30 bits per heavy atom. The summed E-state index contributed by atoms with van der Waals surface area (Å²) in [5.74, 6) is -1.72. The van der Waals surface area contributed by atoms with Crippen molar-refractivity contribution >= 4 is 5.78 Å². The van der Waals surface area contributed by atoms with Crippen molar-refractivity contribution in [2.75, 3.05) is 13.1 Å². The Morgan fingerprint density at radius 2 is 1.96 bits per heavy atom. The number of halogens is 4. The second-order valence-corrected chi connectivity index (χ2v) is 6.45.